The zero-order chi connectivity index (χ0) is 20.6. The SMILES string of the molecule is CCNC(=O)NC(=O)[C@H](OC(=O)Cc1ccc2c(c1)OCCO2)c1ccccc1. The largest absolute Gasteiger partial charge is 0.486 e. The van der Waals surface area contributed by atoms with E-state index in [4.69, 9.17) is 14.2 Å². The summed E-state index contributed by atoms with van der Waals surface area (Å²) < 4.78 is 16.4. The Morgan fingerprint density at radius 3 is 2.48 bits per heavy atom. The van der Waals surface area contributed by atoms with Crippen molar-refractivity contribution in [3.8, 4) is 11.5 Å². The molecule has 3 rings (SSSR count). The van der Waals surface area contributed by atoms with Crippen LogP contribution in [0.3, 0.4) is 0 Å². The number of carbonyl (C=O) groups is 3. The molecule has 1 aliphatic heterocycles. The second-order valence-electron chi connectivity index (χ2n) is 6.28. The van der Waals surface area contributed by atoms with Crippen molar-refractivity contribution in [2.24, 2.45) is 0 Å². The van der Waals surface area contributed by atoms with Crippen molar-refractivity contribution >= 4 is 17.9 Å². The van der Waals surface area contributed by atoms with Gasteiger partial charge in [-0.2, -0.15) is 0 Å². The molecule has 0 fully saturated rings. The van der Waals surface area contributed by atoms with Gasteiger partial charge < -0.3 is 19.5 Å². The Morgan fingerprint density at radius 2 is 1.76 bits per heavy atom. The topological polar surface area (TPSA) is 103 Å². The summed E-state index contributed by atoms with van der Waals surface area (Å²) in [5.74, 6) is -0.147. The number of urea groups is 1. The van der Waals surface area contributed by atoms with Gasteiger partial charge in [-0.15, -0.1) is 0 Å². The second kappa shape index (κ2) is 9.59. The van der Waals surface area contributed by atoms with Crippen LogP contribution in [0.5, 0.6) is 11.5 Å². The van der Waals surface area contributed by atoms with Crippen molar-refractivity contribution in [1.29, 1.82) is 0 Å². The van der Waals surface area contributed by atoms with Crippen molar-refractivity contribution in [2.45, 2.75) is 19.4 Å². The number of carbonyl (C=O) groups excluding carboxylic acids is 3. The van der Waals surface area contributed by atoms with Gasteiger partial charge in [-0.05, 0) is 24.6 Å². The summed E-state index contributed by atoms with van der Waals surface area (Å²) in [7, 11) is 0. The van der Waals surface area contributed by atoms with Gasteiger partial charge >= 0.3 is 12.0 Å². The first kappa shape index (κ1) is 20.2. The highest BCUT2D eigenvalue weighted by atomic mass is 16.6. The number of nitrogens with one attached hydrogen (secondary N) is 2. The van der Waals surface area contributed by atoms with Gasteiger partial charge in [-0.3, -0.25) is 14.9 Å². The molecule has 8 nitrogen and oxygen atoms in total. The average Bonchev–Trinajstić information content (AvgIpc) is 2.72. The molecular formula is C21H22N2O6. The van der Waals surface area contributed by atoms with Crippen LogP contribution in [0.4, 0.5) is 4.79 Å². The van der Waals surface area contributed by atoms with E-state index in [1.165, 1.54) is 0 Å². The number of amides is 3. The third-order valence-corrected chi connectivity index (χ3v) is 4.12. The molecule has 1 heterocycles. The lowest BCUT2D eigenvalue weighted by molar-refractivity contribution is -0.155. The van der Waals surface area contributed by atoms with Crippen LogP contribution in [0.25, 0.3) is 0 Å². The predicted octanol–water partition coefficient (Wildman–Crippen LogP) is 2.13. The van der Waals surface area contributed by atoms with Crippen LogP contribution in [0.2, 0.25) is 0 Å². The molecule has 2 aromatic rings. The van der Waals surface area contributed by atoms with Crippen LogP contribution in [0, 0.1) is 0 Å². The molecule has 2 N–H and O–H groups in total. The lowest BCUT2D eigenvalue weighted by Gasteiger charge is -2.19. The van der Waals surface area contributed by atoms with E-state index in [1.54, 1.807) is 55.5 Å². The van der Waals surface area contributed by atoms with E-state index >= 15 is 0 Å². The van der Waals surface area contributed by atoms with E-state index in [0.717, 1.165) is 0 Å². The Balaban J connectivity index is 1.70. The normalized spacial score (nSPS) is 13.1. The molecule has 0 saturated heterocycles. The van der Waals surface area contributed by atoms with Crippen molar-refractivity contribution < 1.29 is 28.6 Å². The predicted molar refractivity (Wildman–Crippen MR) is 104 cm³/mol. The Kier molecular flexibility index (Phi) is 6.67. The minimum Gasteiger partial charge on any atom is -0.486 e. The lowest BCUT2D eigenvalue weighted by Crippen LogP contribution is -2.42. The Morgan fingerprint density at radius 1 is 1.03 bits per heavy atom. The minimum atomic E-state index is -1.25. The van der Waals surface area contributed by atoms with Crippen LogP contribution in [0.15, 0.2) is 48.5 Å². The number of benzene rings is 2. The molecule has 0 aliphatic carbocycles. The number of ether oxygens (including phenoxy) is 3. The molecule has 0 spiro atoms. The van der Waals surface area contributed by atoms with Crippen LogP contribution >= 0.6 is 0 Å². The van der Waals surface area contributed by atoms with Gasteiger partial charge in [0.2, 0.25) is 6.10 Å². The molecule has 0 aromatic heterocycles. The fourth-order valence-corrected chi connectivity index (χ4v) is 2.82. The van der Waals surface area contributed by atoms with E-state index in [-0.39, 0.29) is 6.42 Å². The van der Waals surface area contributed by atoms with Crippen LogP contribution in [-0.2, 0) is 20.7 Å². The Bertz CT molecular complexity index is 884. The average molecular weight is 398 g/mol. The van der Waals surface area contributed by atoms with Gasteiger partial charge in [0.25, 0.3) is 5.91 Å². The number of fused-ring (bicyclic) bond motifs is 1. The highest BCUT2D eigenvalue weighted by Crippen LogP contribution is 2.31. The van der Waals surface area contributed by atoms with E-state index < -0.39 is 24.0 Å². The molecule has 8 heteroatoms. The van der Waals surface area contributed by atoms with Gasteiger partial charge in [-0.25, -0.2) is 4.79 Å². The first-order chi connectivity index (χ1) is 14.1. The van der Waals surface area contributed by atoms with E-state index in [2.05, 4.69) is 10.6 Å². The second-order valence-corrected chi connectivity index (χ2v) is 6.28. The summed E-state index contributed by atoms with van der Waals surface area (Å²) in [6.07, 6.45) is -1.31. The maximum absolute atomic E-state index is 12.5. The molecule has 1 atom stereocenters. The highest BCUT2D eigenvalue weighted by molar-refractivity contribution is 5.97. The van der Waals surface area contributed by atoms with Crippen LogP contribution < -0.4 is 20.1 Å². The summed E-state index contributed by atoms with van der Waals surface area (Å²) in [6.45, 7) is 3.01. The van der Waals surface area contributed by atoms with Crippen molar-refractivity contribution in [3.63, 3.8) is 0 Å². The van der Waals surface area contributed by atoms with Gasteiger partial charge in [-0.1, -0.05) is 36.4 Å². The molecule has 0 radical (unpaired) electrons. The van der Waals surface area contributed by atoms with E-state index in [1.807, 2.05) is 0 Å². The molecule has 2 aromatic carbocycles. The smallest absolute Gasteiger partial charge is 0.321 e. The summed E-state index contributed by atoms with van der Waals surface area (Å²) in [5.41, 5.74) is 1.13. The third-order valence-electron chi connectivity index (χ3n) is 4.12. The van der Waals surface area contributed by atoms with Gasteiger partial charge in [0.05, 0.1) is 6.42 Å². The highest BCUT2D eigenvalue weighted by Gasteiger charge is 2.26. The summed E-state index contributed by atoms with van der Waals surface area (Å²) >= 11 is 0. The fraction of sp³-hybridized carbons (Fsp3) is 0.286. The monoisotopic (exact) mass is 398 g/mol. The Labute approximate surface area is 168 Å². The van der Waals surface area contributed by atoms with E-state index in [0.29, 0.717) is 42.4 Å². The van der Waals surface area contributed by atoms with Gasteiger partial charge in [0.15, 0.2) is 11.5 Å². The van der Waals surface area contributed by atoms with Crippen molar-refractivity contribution in [1.82, 2.24) is 10.6 Å². The van der Waals surface area contributed by atoms with Gasteiger partial charge in [0.1, 0.15) is 13.2 Å². The number of imide groups is 1. The summed E-state index contributed by atoms with van der Waals surface area (Å²) in [6, 6.07) is 13.0. The molecule has 29 heavy (non-hydrogen) atoms. The van der Waals surface area contributed by atoms with E-state index in [9.17, 15) is 14.4 Å². The molecule has 3 amide bonds. The first-order valence-electron chi connectivity index (χ1n) is 9.28. The molecule has 0 unspecified atom stereocenters. The zero-order valence-electron chi connectivity index (χ0n) is 16.0. The number of hydrogen-bond donors (Lipinski definition) is 2. The Hall–Kier alpha value is -3.55. The maximum atomic E-state index is 12.5. The molecule has 0 bridgehead atoms. The molecule has 1 aliphatic rings. The standard InChI is InChI=1S/C21H22N2O6/c1-2-22-21(26)23-20(25)19(15-6-4-3-5-7-15)29-18(24)13-14-8-9-16-17(12-14)28-11-10-27-16/h3-9,12,19H,2,10-11,13H2,1H3,(H2,22,23,25,26)/t19-/m1/s1. The number of hydrogen-bond acceptors (Lipinski definition) is 6. The lowest BCUT2D eigenvalue weighted by atomic mass is 10.1. The number of esters is 1. The third kappa shape index (κ3) is 5.47. The zero-order valence-corrected chi connectivity index (χ0v) is 16.0. The van der Waals surface area contributed by atoms with Crippen LogP contribution in [-0.4, -0.2) is 37.7 Å². The maximum Gasteiger partial charge on any atom is 0.321 e. The summed E-state index contributed by atoms with van der Waals surface area (Å²) in [4.78, 5) is 36.7. The van der Waals surface area contributed by atoms with Crippen LogP contribution in [0.1, 0.15) is 24.2 Å². The first-order valence-corrected chi connectivity index (χ1v) is 9.28. The minimum absolute atomic E-state index is 0.0611. The molecular weight excluding hydrogens is 376 g/mol. The quantitative estimate of drug-likeness (QED) is 0.723. The summed E-state index contributed by atoms with van der Waals surface area (Å²) in [5, 5.41) is 4.65. The van der Waals surface area contributed by atoms with Crippen molar-refractivity contribution in [3.05, 3.63) is 59.7 Å². The van der Waals surface area contributed by atoms with Crippen molar-refractivity contribution in [2.75, 3.05) is 19.8 Å². The number of rotatable bonds is 6. The fourth-order valence-electron chi connectivity index (χ4n) is 2.82. The molecule has 152 valence electrons. The molecule has 0 saturated carbocycles. The van der Waals surface area contributed by atoms with Gasteiger partial charge in [0, 0.05) is 12.1 Å².